The first-order valence-corrected chi connectivity index (χ1v) is 10.4. The number of amides is 1. The average molecular weight is 383 g/mol. The summed E-state index contributed by atoms with van der Waals surface area (Å²) in [6.07, 6.45) is 2.01. The lowest BCUT2D eigenvalue weighted by atomic mass is 10.2. The van der Waals surface area contributed by atoms with Gasteiger partial charge in [-0.1, -0.05) is 30.3 Å². The first-order valence-electron chi connectivity index (χ1n) is 8.68. The number of rotatable bonds is 3. The zero-order valence-corrected chi connectivity index (χ0v) is 15.8. The van der Waals surface area contributed by atoms with Crippen LogP contribution in [0.5, 0.6) is 0 Å². The molecular formula is C19H18N4OS2. The van der Waals surface area contributed by atoms with Gasteiger partial charge in [0.1, 0.15) is 4.83 Å². The van der Waals surface area contributed by atoms with E-state index < -0.39 is 0 Å². The van der Waals surface area contributed by atoms with Gasteiger partial charge in [-0.3, -0.25) is 14.1 Å². The molecule has 1 aliphatic rings. The lowest BCUT2D eigenvalue weighted by molar-refractivity contribution is 0.0633. The van der Waals surface area contributed by atoms with Gasteiger partial charge in [0.25, 0.3) is 5.91 Å². The maximum absolute atomic E-state index is 12.9. The summed E-state index contributed by atoms with van der Waals surface area (Å²) in [6.45, 7) is 4.34. The Kier molecular flexibility index (Phi) is 4.00. The van der Waals surface area contributed by atoms with Crippen LogP contribution in [0, 0.1) is 0 Å². The predicted octanol–water partition coefficient (Wildman–Crippen LogP) is 3.57. The van der Waals surface area contributed by atoms with E-state index in [-0.39, 0.29) is 5.91 Å². The van der Waals surface area contributed by atoms with Crippen LogP contribution in [0.4, 0.5) is 0 Å². The smallest absolute Gasteiger partial charge is 0.264 e. The van der Waals surface area contributed by atoms with E-state index in [1.165, 1.54) is 16.9 Å². The fourth-order valence-electron chi connectivity index (χ4n) is 3.46. The summed E-state index contributed by atoms with van der Waals surface area (Å²) < 4.78 is 2.06. The molecule has 1 aliphatic heterocycles. The number of nitrogens with zero attached hydrogens (tertiary/aromatic N) is 4. The highest BCUT2D eigenvalue weighted by atomic mass is 32.1. The molecule has 1 fully saturated rings. The monoisotopic (exact) mass is 382 g/mol. The van der Waals surface area contributed by atoms with Crippen LogP contribution < -0.4 is 0 Å². The molecule has 0 unspecified atom stereocenters. The summed E-state index contributed by atoms with van der Waals surface area (Å²) in [4.78, 5) is 24.6. The topological polar surface area (TPSA) is 40.9 Å². The van der Waals surface area contributed by atoms with E-state index >= 15 is 0 Å². The maximum atomic E-state index is 12.9. The van der Waals surface area contributed by atoms with E-state index in [0.717, 1.165) is 52.9 Å². The second-order valence-electron chi connectivity index (χ2n) is 6.52. The van der Waals surface area contributed by atoms with E-state index in [1.54, 1.807) is 11.3 Å². The number of thiazole rings is 1. The Balaban J connectivity index is 1.27. The van der Waals surface area contributed by atoms with Gasteiger partial charge in [-0.25, -0.2) is 4.98 Å². The molecule has 26 heavy (non-hydrogen) atoms. The zero-order valence-electron chi connectivity index (χ0n) is 14.2. The average Bonchev–Trinajstić information content (AvgIpc) is 3.35. The Morgan fingerprint density at radius 1 is 1.12 bits per heavy atom. The summed E-state index contributed by atoms with van der Waals surface area (Å²) in [6, 6.07) is 12.5. The second-order valence-corrected chi connectivity index (χ2v) is 8.43. The molecule has 132 valence electrons. The van der Waals surface area contributed by atoms with Crippen molar-refractivity contribution in [2.24, 2.45) is 0 Å². The van der Waals surface area contributed by atoms with E-state index in [2.05, 4.69) is 38.6 Å². The Hall–Kier alpha value is -2.22. The van der Waals surface area contributed by atoms with E-state index in [1.807, 2.05) is 28.6 Å². The zero-order chi connectivity index (χ0) is 17.5. The summed E-state index contributed by atoms with van der Waals surface area (Å²) in [7, 11) is 0. The number of hydrogen-bond donors (Lipinski definition) is 0. The van der Waals surface area contributed by atoms with Gasteiger partial charge >= 0.3 is 0 Å². The van der Waals surface area contributed by atoms with Gasteiger partial charge in [-0.05, 0) is 11.6 Å². The largest absolute Gasteiger partial charge is 0.335 e. The van der Waals surface area contributed by atoms with Crippen molar-refractivity contribution in [3.63, 3.8) is 0 Å². The molecule has 0 bridgehead atoms. The fraction of sp³-hybridized carbons (Fsp3) is 0.263. The van der Waals surface area contributed by atoms with Gasteiger partial charge in [0, 0.05) is 44.3 Å². The van der Waals surface area contributed by atoms with Crippen molar-refractivity contribution in [2.75, 3.05) is 26.2 Å². The number of carbonyl (C=O) groups is 1. The third-order valence-corrected chi connectivity index (χ3v) is 6.62. The Morgan fingerprint density at radius 2 is 1.92 bits per heavy atom. The lowest BCUT2D eigenvalue weighted by Crippen LogP contribution is -2.48. The molecule has 0 spiro atoms. The van der Waals surface area contributed by atoms with Gasteiger partial charge in [0.15, 0.2) is 4.96 Å². The quantitative estimate of drug-likeness (QED) is 0.544. The highest BCUT2D eigenvalue weighted by Crippen LogP contribution is 2.29. The number of fused-ring (bicyclic) bond motifs is 3. The molecule has 0 radical (unpaired) electrons. The van der Waals surface area contributed by atoms with Crippen molar-refractivity contribution in [3.8, 4) is 0 Å². The molecule has 0 N–H and O–H groups in total. The Morgan fingerprint density at radius 3 is 2.73 bits per heavy atom. The highest BCUT2D eigenvalue weighted by Gasteiger charge is 2.24. The second kappa shape index (κ2) is 6.50. The maximum Gasteiger partial charge on any atom is 0.264 e. The summed E-state index contributed by atoms with van der Waals surface area (Å²) >= 11 is 3.12. The van der Waals surface area contributed by atoms with Crippen molar-refractivity contribution in [1.82, 2.24) is 19.2 Å². The summed E-state index contributed by atoms with van der Waals surface area (Å²) in [5.41, 5.74) is 2.37. The molecule has 5 nitrogen and oxygen atoms in total. The summed E-state index contributed by atoms with van der Waals surface area (Å²) in [5, 5.41) is 2.02. The third kappa shape index (κ3) is 2.82. The van der Waals surface area contributed by atoms with Gasteiger partial charge < -0.3 is 4.90 Å². The first kappa shape index (κ1) is 16.0. The Bertz CT molecular complexity index is 1060. The highest BCUT2D eigenvalue weighted by molar-refractivity contribution is 7.21. The number of aromatic nitrogens is 2. The normalized spacial score (nSPS) is 15.9. The summed E-state index contributed by atoms with van der Waals surface area (Å²) in [5.74, 6) is 0.136. The van der Waals surface area contributed by atoms with E-state index in [9.17, 15) is 4.79 Å². The number of imidazole rings is 1. The van der Waals surface area contributed by atoms with Crippen molar-refractivity contribution < 1.29 is 4.79 Å². The van der Waals surface area contributed by atoms with Gasteiger partial charge in [0.2, 0.25) is 0 Å². The molecule has 0 atom stereocenters. The fourth-order valence-corrected chi connectivity index (χ4v) is 5.23. The minimum Gasteiger partial charge on any atom is -0.335 e. The van der Waals surface area contributed by atoms with Crippen molar-refractivity contribution in [1.29, 1.82) is 0 Å². The van der Waals surface area contributed by atoms with Crippen LogP contribution in [-0.4, -0.2) is 51.3 Å². The van der Waals surface area contributed by atoms with E-state index in [4.69, 9.17) is 0 Å². The van der Waals surface area contributed by atoms with Crippen molar-refractivity contribution >= 4 is 43.9 Å². The molecule has 0 aliphatic carbocycles. The van der Waals surface area contributed by atoms with Crippen LogP contribution >= 0.6 is 22.7 Å². The van der Waals surface area contributed by atoms with Crippen LogP contribution in [0.2, 0.25) is 0 Å². The van der Waals surface area contributed by atoms with Crippen LogP contribution in [0.15, 0.2) is 48.0 Å². The molecule has 1 amide bonds. The molecule has 4 heterocycles. The third-order valence-electron chi connectivity index (χ3n) is 4.86. The van der Waals surface area contributed by atoms with E-state index in [0.29, 0.717) is 0 Å². The molecule has 5 rings (SSSR count). The standard InChI is InChI=1S/C19H18N4OS2/c24-18(16-12-15-17(26-16)20-19-23(15)10-11-25-19)22-8-6-21(7-9-22)13-14-4-2-1-3-5-14/h1-5,10-12H,6-9,13H2. The Labute approximate surface area is 159 Å². The minimum atomic E-state index is 0.136. The molecular weight excluding hydrogens is 364 g/mol. The number of piperazine rings is 1. The molecule has 7 heteroatoms. The number of hydrogen-bond acceptors (Lipinski definition) is 5. The predicted molar refractivity (Wildman–Crippen MR) is 106 cm³/mol. The van der Waals surface area contributed by atoms with Gasteiger partial charge in [0.05, 0.1) is 10.4 Å². The molecule has 1 aromatic carbocycles. The molecule has 1 saturated heterocycles. The van der Waals surface area contributed by atoms with Crippen LogP contribution in [0.1, 0.15) is 15.2 Å². The minimum absolute atomic E-state index is 0.136. The number of thiophene rings is 1. The molecule has 3 aromatic heterocycles. The number of carbonyl (C=O) groups excluding carboxylic acids is 1. The van der Waals surface area contributed by atoms with Gasteiger partial charge in [-0.15, -0.1) is 22.7 Å². The lowest BCUT2D eigenvalue weighted by Gasteiger charge is -2.34. The van der Waals surface area contributed by atoms with Gasteiger partial charge in [-0.2, -0.15) is 0 Å². The first-order chi connectivity index (χ1) is 12.8. The van der Waals surface area contributed by atoms with Crippen LogP contribution in [0.25, 0.3) is 15.3 Å². The van der Waals surface area contributed by atoms with Crippen LogP contribution in [0.3, 0.4) is 0 Å². The van der Waals surface area contributed by atoms with Crippen molar-refractivity contribution in [2.45, 2.75) is 6.54 Å². The molecule has 0 saturated carbocycles. The SMILES string of the molecule is O=C(c1cc2c(nc3sccn32)s1)N1CCN(Cc2ccccc2)CC1. The molecule has 4 aromatic rings. The van der Waals surface area contributed by atoms with Crippen molar-refractivity contribution in [3.05, 3.63) is 58.4 Å². The number of benzene rings is 1. The van der Waals surface area contributed by atoms with Crippen LogP contribution in [-0.2, 0) is 6.54 Å².